The predicted molar refractivity (Wildman–Crippen MR) is 103 cm³/mol. The second kappa shape index (κ2) is 6.36. The van der Waals surface area contributed by atoms with Crippen LogP contribution in [0.1, 0.15) is 78.6 Å². The molecule has 0 radical (unpaired) electrons. The molecule has 0 amide bonds. The Bertz CT molecular complexity index is 611. The molecule has 2 N–H and O–H groups in total. The van der Waals surface area contributed by atoms with Crippen molar-refractivity contribution in [2.24, 2.45) is 40.4 Å². The predicted octanol–water partition coefficient (Wildman–Crippen LogP) is 5.04. The van der Waals surface area contributed by atoms with Gasteiger partial charge in [-0.25, -0.2) is 0 Å². The van der Waals surface area contributed by atoms with E-state index in [0.29, 0.717) is 23.2 Å². The molecule has 3 fully saturated rings. The summed E-state index contributed by atoms with van der Waals surface area (Å²) in [6.07, 6.45) is 11.9. The van der Waals surface area contributed by atoms with E-state index in [2.05, 4.69) is 26.8 Å². The minimum Gasteiger partial charge on any atom is -0.481 e. The molecule has 0 heterocycles. The van der Waals surface area contributed by atoms with Gasteiger partial charge in [-0.05, 0) is 91.8 Å². The van der Waals surface area contributed by atoms with E-state index in [-0.39, 0.29) is 12.0 Å². The van der Waals surface area contributed by atoms with Crippen LogP contribution in [0.2, 0.25) is 0 Å². The maximum atomic E-state index is 11.3. The molecule has 3 nitrogen and oxygen atoms in total. The van der Waals surface area contributed by atoms with E-state index in [4.69, 9.17) is 0 Å². The molecule has 3 saturated carbocycles. The first-order chi connectivity index (χ1) is 12.3. The normalized spacial score (nSPS) is 48.8. The highest BCUT2D eigenvalue weighted by molar-refractivity contribution is 5.67. The SMILES string of the molecule is C[C@H](CC(=O)O)[C@H]1CCC2C3CC=C4CC(O)CC[C@]4(C)C3CC[C@@]21C. The van der Waals surface area contributed by atoms with E-state index in [0.717, 1.165) is 37.0 Å². The molecule has 3 heteroatoms. The molecule has 0 bridgehead atoms. The van der Waals surface area contributed by atoms with Gasteiger partial charge < -0.3 is 10.2 Å². The highest BCUT2D eigenvalue weighted by atomic mass is 16.4. The third-order valence-electron chi connectivity index (χ3n) is 9.33. The Balaban J connectivity index is 1.59. The molecule has 0 aromatic heterocycles. The summed E-state index contributed by atoms with van der Waals surface area (Å²) in [7, 11) is 0. The molecule has 4 unspecified atom stereocenters. The third kappa shape index (κ3) is 2.68. The van der Waals surface area contributed by atoms with Gasteiger partial charge in [0.2, 0.25) is 0 Å². The molecule has 26 heavy (non-hydrogen) atoms. The van der Waals surface area contributed by atoms with Crippen molar-refractivity contribution in [3.05, 3.63) is 11.6 Å². The summed E-state index contributed by atoms with van der Waals surface area (Å²) in [5, 5.41) is 19.4. The van der Waals surface area contributed by atoms with Gasteiger partial charge in [0.05, 0.1) is 6.10 Å². The molecule has 4 aliphatic carbocycles. The summed E-state index contributed by atoms with van der Waals surface area (Å²) in [6, 6.07) is 0. The number of hydrogen-bond acceptors (Lipinski definition) is 2. The van der Waals surface area contributed by atoms with E-state index < -0.39 is 5.97 Å². The number of carbonyl (C=O) groups is 1. The summed E-state index contributed by atoms with van der Waals surface area (Å²) in [4.78, 5) is 11.3. The van der Waals surface area contributed by atoms with Crippen molar-refractivity contribution < 1.29 is 15.0 Å². The smallest absolute Gasteiger partial charge is 0.303 e. The van der Waals surface area contributed by atoms with Gasteiger partial charge in [-0.3, -0.25) is 4.79 Å². The van der Waals surface area contributed by atoms with Gasteiger partial charge in [-0.1, -0.05) is 32.4 Å². The lowest BCUT2D eigenvalue weighted by Gasteiger charge is -2.58. The van der Waals surface area contributed by atoms with E-state index in [1.807, 2.05) is 0 Å². The van der Waals surface area contributed by atoms with Crippen molar-refractivity contribution in [2.45, 2.75) is 84.7 Å². The van der Waals surface area contributed by atoms with E-state index in [9.17, 15) is 15.0 Å². The molecule has 8 atom stereocenters. The lowest BCUT2D eigenvalue weighted by atomic mass is 9.47. The standard InChI is InChI=1S/C23H36O3/c1-14(12-21(25)26)18-6-7-19-17-5-4-15-13-16(24)8-10-22(15,2)20(17)9-11-23(18,19)3/h4,14,16-20,24H,5-13H2,1-3H3,(H,25,26)/t14-,16?,17?,18-,19?,20?,22+,23-/m1/s1. The van der Waals surface area contributed by atoms with Gasteiger partial charge in [0.15, 0.2) is 0 Å². The fourth-order valence-electron chi connectivity index (χ4n) is 8.03. The van der Waals surface area contributed by atoms with Crippen molar-refractivity contribution in [2.75, 3.05) is 0 Å². The number of aliphatic hydroxyl groups is 1. The van der Waals surface area contributed by atoms with Crippen LogP contribution in [0.15, 0.2) is 11.6 Å². The molecule has 0 aromatic rings. The lowest BCUT2D eigenvalue weighted by molar-refractivity contribution is -0.139. The van der Waals surface area contributed by atoms with E-state index >= 15 is 0 Å². The first-order valence-electron chi connectivity index (χ1n) is 10.8. The van der Waals surface area contributed by atoms with Gasteiger partial charge in [-0.2, -0.15) is 0 Å². The number of allylic oxidation sites excluding steroid dienone is 1. The third-order valence-corrected chi connectivity index (χ3v) is 9.33. The topological polar surface area (TPSA) is 57.5 Å². The molecule has 0 aromatic carbocycles. The Kier molecular flexibility index (Phi) is 4.53. The quantitative estimate of drug-likeness (QED) is 0.693. The van der Waals surface area contributed by atoms with Gasteiger partial charge in [0.1, 0.15) is 0 Å². The van der Waals surface area contributed by atoms with Crippen molar-refractivity contribution in [3.63, 3.8) is 0 Å². The summed E-state index contributed by atoms with van der Waals surface area (Å²) in [5.74, 6) is 2.49. The first kappa shape index (κ1) is 18.5. The number of carboxylic acid groups (broad SMARTS) is 1. The second-order valence-electron chi connectivity index (χ2n) is 10.5. The molecule has 146 valence electrons. The highest BCUT2D eigenvalue weighted by Crippen LogP contribution is 2.67. The molecular formula is C23H36O3. The maximum absolute atomic E-state index is 11.3. The minimum absolute atomic E-state index is 0.132. The summed E-state index contributed by atoms with van der Waals surface area (Å²) >= 11 is 0. The van der Waals surface area contributed by atoms with Crippen molar-refractivity contribution in [1.82, 2.24) is 0 Å². The molecule has 4 aliphatic rings. The molecule has 4 rings (SSSR count). The Labute approximate surface area is 158 Å². The number of fused-ring (bicyclic) bond motifs is 5. The average Bonchev–Trinajstić information content (AvgIpc) is 2.92. The Hall–Kier alpha value is -0.830. The zero-order valence-corrected chi connectivity index (χ0v) is 16.7. The van der Waals surface area contributed by atoms with Crippen LogP contribution in [0, 0.1) is 40.4 Å². The fourth-order valence-corrected chi connectivity index (χ4v) is 8.03. The largest absolute Gasteiger partial charge is 0.481 e. The van der Waals surface area contributed by atoms with Crippen LogP contribution < -0.4 is 0 Å². The van der Waals surface area contributed by atoms with Crippen LogP contribution in [-0.2, 0) is 4.79 Å². The van der Waals surface area contributed by atoms with Gasteiger partial charge in [0.25, 0.3) is 0 Å². The van der Waals surface area contributed by atoms with Gasteiger partial charge in [-0.15, -0.1) is 0 Å². The lowest BCUT2D eigenvalue weighted by Crippen LogP contribution is -2.50. The minimum atomic E-state index is -0.642. The number of hydrogen-bond donors (Lipinski definition) is 2. The Morgan fingerprint density at radius 3 is 2.69 bits per heavy atom. The van der Waals surface area contributed by atoms with Crippen LogP contribution in [0.3, 0.4) is 0 Å². The average molecular weight is 361 g/mol. The van der Waals surface area contributed by atoms with Crippen LogP contribution in [0.25, 0.3) is 0 Å². The number of aliphatic hydroxyl groups excluding tert-OH is 1. The zero-order valence-electron chi connectivity index (χ0n) is 16.7. The maximum Gasteiger partial charge on any atom is 0.303 e. The highest BCUT2D eigenvalue weighted by Gasteiger charge is 2.59. The molecular weight excluding hydrogens is 324 g/mol. The summed E-state index contributed by atoms with van der Waals surface area (Å²) in [6.45, 7) is 7.13. The van der Waals surface area contributed by atoms with Crippen LogP contribution in [0.4, 0.5) is 0 Å². The van der Waals surface area contributed by atoms with Gasteiger partial charge >= 0.3 is 5.97 Å². The van der Waals surface area contributed by atoms with Crippen molar-refractivity contribution in [1.29, 1.82) is 0 Å². The summed E-state index contributed by atoms with van der Waals surface area (Å²) in [5.41, 5.74) is 2.16. The monoisotopic (exact) mass is 360 g/mol. The van der Waals surface area contributed by atoms with E-state index in [1.165, 1.54) is 37.7 Å². The summed E-state index contributed by atoms with van der Waals surface area (Å²) < 4.78 is 0. The van der Waals surface area contributed by atoms with Crippen LogP contribution >= 0.6 is 0 Å². The second-order valence-corrected chi connectivity index (χ2v) is 10.5. The number of aliphatic carboxylic acids is 1. The Morgan fingerprint density at radius 1 is 1.19 bits per heavy atom. The van der Waals surface area contributed by atoms with Gasteiger partial charge in [0, 0.05) is 6.42 Å². The van der Waals surface area contributed by atoms with Crippen molar-refractivity contribution >= 4 is 5.97 Å². The van der Waals surface area contributed by atoms with E-state index in [1.54, 1.807) is 0 Å². The van der Waals surface area contributed by atoms with Crippen LogP contribution in [0.5, 0.6) is 0 Å². The first-order valence-corrected chi connectivity index (χ1v) is 10.8. The zero-order chi connectivity index (χ0) is 18.7. The number of carboxylic acids is 1. The van der Waals surface area contributed by atoms with Crippen molar-refractivity contribution in [3.8, 4) is 0 Å². The number of rotatable bonds is 3. The van der Waals surface area contributed by atoms with Crippen LogP contribution in [-0.4, -0.2) is 22.3 Å². The fraction of sp³-hybridized carbons (Fsp3) is 0.870. The molecule has 0 saturated heterocycles. The molecule has 0 spiro atoms. The Morgan fingerprint density at radius 2 is 1.96 bits per heavy atom. The molecule has 0 aliphatic heterocycles.